The fraction of sp³-hybridized carbons (Fsp3) is 0.200. The van der Waals surface area contributed by atoms with Gasteiger partial charge in [0.25, 0.3) is 0 Å². The van der Waals surface area contributed by atoms with Gasteiger partial charge >= 0.3 is 232 Å². The average Bonchev–Trinajstić information content (AvgIpc) is 3.12. The third kappa shape index (κ3) is 8.55. The van der Waals surface area contributed by atoms with E-state index in [0.717, 1.165) is 24.6 Å². The van der Waals surface area contributed by atoms with Crippen LogP contribution in [0.3, 0.4) is 0 Å². The minimum atomic E-state index is -0.266. The van der Waals surface area contributed by atoms with E-state index in [9.17, 15) is 0 Å². The maximum atomic E-state index is 6.51. The van der Waals surface area contributed by atoms with Gasteiger partial charge in [-0.15, -0.1) is 0 Å². The van der Waals surface area contributed by atoms with E-state index in [1.54, 1.807) is 0 Å². The first-order valence-corrected chi connectivity index (χ1v) is 19.4. The Hall–Kier alpha value is -4.55. The molecular weight excluding hydrogens is 711 g/mol. The Kier molecular flexibility index (Phi) is 11.0. The summed E-state index contributed by atoms with van der Waals surface area (Å²) >= 11 is -0.266. The van der Waals surface area contributed by atoms with Gasteiger partial charge in [0.1, 0.15) is 13.1 Å². The monoisotopic (exact) mass is 757 g/mol. The fourth-order valence-electron chi connectivity index (χ4n) is 6.10. The van der Waals surface area contributed by atoms with Gasteiger partial charge in [-0.05, 0) is 13.8 Å². The number of allylic oxidation sites excluding steroid dienone is 11. The SMILES string of the molecule is CC[N+]1=C2C=CC=CC2/C(=C/C=C/C(=C/C=C/c2cc[n+](CC)c3ccccc23)Oc2ccc([I-]c3ccc(C(C)(C)C)cc3)cc2)C=C1. The molecule has 0 spiro atoms. The Morgan fingerprint density at radius 2 is 1.59 bits per heavy atom. The van der Waals surface area contributed by atoms with Crippen LogP contribution in [0.2, 0.25) is 0 Å². The zero-order valence-electron chi connectivity index (χ0n) is 29.2. The quantitative estimate of drug-likeness (QED) is 0.0756. The van der Waals surface area contributed by atoms with E-state index < -0.39 is 0 Å². The summed E-state index contributed by atoms with van der Waals surface area (Å²) in [4.78, 5) is 0. The van der Waals surface area contributed by atoms with Crippen LogP contribution in [0.5, 0.6) is 5.75 Å². The van der Waals surface area contributed by atoms with Gasteiger partial charge in [0.2, 0.25) is 0 Å². The van der Waals surface area contributed by atoms with Crippen LogP contribution in [0.15, 0.2) is 163 Å². The number of benzene rings is 3. The van der Waals surface area contributed by atoms with Crippen molar-refractivity contribution < 1.29 is 35.1 Å². The number of para-hydroxylation sites is 1. The molecule has 4 heteroatoms. The third-order valence-corrected chi connectivity index (χ3v) is 11.5. The van der Waals surface area contributed by atoms with Crippen LogP contribution in [0.1, 0.15) is 45.7 Å². The van der Waals surface area contributed by atoms with Gasteiger partial charge in [-0.3, -0.25) is 0 Å². The molecule has 6 rings (SSSR count). The summed E-state index contributed by atoms with van der Waals surface area (Å²) in [5, 5.41) is 1.23. The predicted octanol–water partition coefficient (Wildman–Crippen LogP) is 6.77. The zero-order chi connectivity index (χ0) is 34.2. The van der Waals surface area contributed by atoms with Crippen molar-refractivity contribution in [2.24, 2.45) is 5.92 Å². The predicted molar refractivity (Wildman–Crippen MR) is 200 cm³/mol. The van der Waals surface area contributed by atoms with Gasteiger partial charge in [-0.25, -0.2) is 4.58 Å². The second-order valence-electron chi connectivity index (χ2n) is 13.2. The molecule has 3 aromatic carbocycles. The molecule has 1 atom stereocenters. The third-order valence-electron chi connectivity index (χ3n) is 8.84. The summed E-state index contributed by atoms with van der Waals surface area (Å²) in [6.07, 6.45) is 28.0. The molecule has 0 amide bonds. The number of aryl methyl sites for hydroxylation is 1. The zero-order valence-corrected chi connectivity index (χ0v) is 31.3. The van der Waals surface area contributed by atoms with Gasteiger partial charge < -0.3 is 0 Å². The molecule has 2 aliphatic rings. The summed E-state index contributed by atoms with van der Waals surface area (Å²) in [6, 6.07) is 28.5. The molecule has 248 valence electrons. The molecule has 0 saturated heterocycles. The van der Waals surface area contributed by atoms with Crippen LogP contribution < -0.4 is 30.5 Å². The molecule has 1 aromatic heterocycles. The molecule has 0 saturated carbocycles. The van der Waals surface area contributed by atoms with Gasteiger partial charge in [-0.2, -0.15) is 4.57 Å². The molecule has 4 aromatic rings. The second kappa shape index (κ2) is 15.8. The summed E-state index contributed by atoms with van der Waals surface area (Å²) in [7, 11) is 0. The van der Waals surface area contributed by atoms with E-state index in [4.69, 9.17) is 4.74 Å². The number of aromatic nitrogens is 1. The van der Waals surface area contributed by atoms with Crippen LogP contribution in [-0.4, -0.2) is 16.8 Å². The van der Waals surface area contributed by atoms with Crippen molar-refractivity contribution in [1.82, 2.24) is 0 Å². The number of pyridine rings is 1. The van der Waals surface area contributed by atoms with E-state index in [0.29, 0.717) is 0 Å². The fourth-order valence-corrected chi connectivity index (χ4v) is 8.25. The van der Waals surface area contributed by atoms with Gasteiger partial charge in [0.05, 0.1) is 0 Å². The Balaban J connectivity index is 1.24. The average molecular weight is 758 g/mol. The molecule has 1 aliphatic carbocycles. The van der Waals surface area contributed by atoms with Crippen LogP contribution in [-0.2, 0) is 12.0 Å². The Bertz CT molecular complexity index is 2050. The van der Waals surface area contributed by atoms with E-state index in [-0.39, 0.29) is 32.5 Å². The van der Waals surface area contributed by atoms with E-state index in [1.807, 2.05) is 0 Å². The topological polar surface area (TPSA) is 16.1 Å². The Labute approximate surface area is 302 Å². The molecule has 49 heavy (non-hydrogen) atoms. The Morgan fingerprint density at radius 1 is 0.837 bits per heavy atom. The second-order valence-corrected chi connectivity index (χ2v) is 16.2. The number of fused-ring (bicyclic) bond motifs is 2. The minimum absolute atomic E-state index is 0.169. The number of ether oxygens (including phenoxy) is 1. The van der Waals surface area contributed by atoms with Crippen molar-refractivity contribution >= 4 is 22.7 Å². The molecule has 0 bridgehead atoms. The molecule has 1 unspecified atom stereocenters. The summed E-state index contributed by atoms with van der Waals surface area (Å²) < 4.78 is 13.9. The Morgan fingerprint density at radius 3 is 2.33 bits per heavy atom. The van der Waals surface area contributed by atoms with Crippen molar-refractivity contribution in [3.63, 3.8) is 0 Å². The number of hydrogen-bond donors (Lipinski definition) is 0. The number of rotatable bonds is 10. The summed E-state index contributed by atoms with van der Waals surface area (Å²) in [5.74, 6) is 1.86. The number of hydrogen-bond acceptors (Lipinski definition) is 1. The van der Waals surface area contributed by atoms with Crippen LogP contribution in [0.4, 0.5) is 0 Å². The van der Waals surface area contributed by atoms with Crippen LogP contribution >= 0.6 is 0 Å². The van der Waals surface area contributed by atoms with E-state index in [1.165, 1.54) is 40.5 Å². The van der Waals surface area contributed by atoms with Gasteiger partial charge in [0, 0.05) is 12.1 Å². The van der Waals surface area contributed by atoms with E-state index >= 15 is 0 Å². The van der Waals surface area contributed by atoms with Crippen molar-refractivity contribution in [1.29, 1.82) is 0 Å². The standard InChI is InChI=1S/C45H46IN2O/c1-6-47-32-30-34(41-18-8-10-20-43(41)47)14-12-16-39(17-13-15-35-31-33-48(7-2)44-21-11-9-19-42(35)44)49-40-28-26-38(27-29-40)46-37-24-22-36(23-25-37)45(3,4)5/h8-33,41H,6-7H2,1-5H3/q+1/b15-13+,16-12+,34-14+,39-17-. The van der Waals surface area contributed by atoms with Crippen LogP contribution in [0.25, 0.3) is 17.0 Å². The first kappa shape index (κ1) is 34.3. The van der Waals surface area contributed by atoms with Gasteiger partial charge in [0.15, 0.2) is 0 Å². The first-order chi connectivity index (χ1) is 23.8. The maximum absolute atomic E-state index is 6.51. The van der Waals surface area contributed by atoms with Crippen molar-refractivity contribution in [3.8, 4) is 5.75 Å². The molecule has 0 fully saturated rings. The van der Waals surface area contributed by atoms with Crippen LogP contribution in [0, 0.1) is 13.1 Å². The molecule has 0 radical (unpaired) electrons. The molecule has 0 N–H and O–H groups in total. The number of halogens is 1. The molecular formula is C45H46IN2O+. The number of nitrogens with zero attached hydrogens (tertiary/aromatic N) is 2. The van der Waals surface area contributed by atoms with E-state index in [2.05, 4.69) is 202 Å². The van der Waals surface area contributed by atoms with Crippen molar-refractivity contribution in [3.05, 3.63) is 182 Å². The molecule has 2 heterocycles. The first-order valence-electron chi connectivity index (χ1n) is 17.2. The molecule has 1 aliphatic heterocycles. The van der Waals surface area contributed by atoms with Crippen molar-refractivity contribution in [2.45, 2.75) is 46.6 Å². The normalized spacial score (nSPS) is 17.3. The van der Waals surface area contributed by atoms with Gasteiger partial charge in [-0.1, -0.05) is 24.3 Å². The molecule has 3 nitrogen and oxygen atoms in total. The van der Waals surface area contributed by atoms with Crippen molar-refractivity contribution in [2.75, 3.05) is 6.54 Å². The summed E-state index contributed by atoms with van der Waals surface area (Å²) in [6.45, 7) is 13.0. The summed E-state index contributed by atoms with van der Waals surface area (Å²) in [5.41, 5.74) is 6.53.